The number of rotatable bonds is 5. The fourth-order valence-corrected chi connectivity index (χ4v) is 9.29. The third-order valence-corrected chi connectivity index (χ3v) is 12.2. The molecule has 14 rings (SSSR count). The molecule has 69 heavy (non-hydrogen) atoms. The van der Waals surface area contributed by atoms with E-state index < -0.39 is 36.7 Å². The Hall–Kier alpha value is -7.40. The third kappa shape index (κ3) is 8.17. The van der Waals surface area contributed by atoms with E-state index in [2.05, 4.69) is 53.4 Å². The van der Waals surface area contributed by atoms with Gasteiger partial charge in [-0.15, -0.1) is 47.6 Å². The van der Waals surface area contributed by atoms with Crippen LogP contribution in [0, 0.1) is 30.6 Å². The van der Waals surface area contributed by atoms with Crippen LogP contribution in [0.2, 0.25) is 0 Å². The van der Waals surface area contributed by atoms with Gasteiger partial charge in [0.05, 0.1) is 5.48 Å². The number of aromatic nitrogens is 2. The van der Waals surface area contributed by atoms with Gasteiger partial charge in [0.25, 0.3) is 0 Å². The smallest absolute Gasteiger partial charge is 0.135 e. The van der Waals surface area contributed by atoms with Crippen LogP contribution in [0.5, 0.6) is 23.0 Å². The van der Waals surface area contributed by atoms with E-state index in [1.54, 1.807) is 35.0 Å². The average molecular weight is 1090 g/mol. The first kappa shape index (κ1) is 35.7. The fourth-order valence-electron chi connectivity index (χ4n) is 9.29. The molecular formula is C62H49N4O2Pt-3. The second-order valence-electron chi connectivity index (χ2n) is 17.6. The standard InChI is InChI=1S/C62H49N4O2.Pt/c1-40(2)32-45-24-27-47-36-60(45)68-50-30-31-54-53-18-8-9-21-56(53)66(59(54)37-50)61-35-46(33-41(3)4)55(38-63-61)44-16-12-17-49(34-44)67-48-28-25-43(26-29-48)52-20-13-19-51(42-14-6-5-7-15-42)62(52)65-39-64(47)57-22-10-11-23-58(57)65;/h5-31,34-35,38-41H,32-33H2,1-4H3;/q-3;/i8D,9D,18D,21D,32D2,33D2;. The molecule has 0 saturated heterocycles. The summed E-state index contributed by atoms with van der Waals surface area (Å²) in [7, 11) is 0. The van der Waals surface area contributed by atoms with Gasteiger partial charge < -0.3 is 23.8 Å². The van der Waals surface area contributed by atoms with Gasteiger partial charge in [-0.25, -0.2) is 4.98 Å². The van der Waals surface area contributed by atoms with Crippen LogP contribution < -0.4 is 19.3 Å². The molecule has 0 spiro atoms. The van der Waals surface area contributed by atoms with Gasteiger partial charge in [-0.3, -0.25) is 0 Å². The number of nitrogens with zero attached hydrogens (tertiary/aromatic N) is 4. The van der Waals surface area contributed by atoms with E-state index >= 15 is 0 Å². The Labute approximate surface area is 429 Å². The first-order chi connectivity index (χ1) is 36.5. The van der Waals surface area contributed by atoms with Crippen LogP contribution in [-0.4, -0.2) is 9.55 Å². The summed E-state index contributed by atoms with van der Waals surface area (Å²) in [5, 5.41) is 0.655. The number of fused-ring (bicyclic) bond motifs is 5. The zero-order valence-corrected chi connectivity index (χ0v) is 40.4. The van der Waals surface area contributed by atoms with E-state index in [1.165, 1.54) is 0 Å². The van der Waals surface area contributed by atoms with Crippen molar-refractivity contribution in [2.45, 2.75) is 40.4 Å². The Morgan fingerprint density at radius 2 is 1.30 bits per heavy atom. The predicted octanol–water partition coefficient (Wildman–Crippen LogP) is 16.5. The minimum atomic E-state index is -1.92. The van der Waals surface area contributed by atoms with Crippen LogP contribution in [0.4, 0.5) is 22.7 Å². The van der Waals surface area contributed by atoms with Crippen LogP contribution in [0.25, 0.3) is 61.0 Å². The Balaban J connectivity index is 0.00000631. The number of hydrogen-bond acceptors (Lipinski definition) is 5. The summed E-state index contributed by atoms with van der Waals surface area (Å²) in [4.78, 5) is 9.16. The average Bonchev–Trinajstić information content (AvgIpc) is 4.19. The summed E-state index contributed by atoms with van der Waals surface area (Å²) in [6.45, 7) is 9.26. The summed E-state index contributed by atoms with van der Waals surface area (Å²) >= 11 is 0. The Morgan fingerprint density at radius 3 is 2.09 bits per heavy atom. The number of para-hydroxylation sites is 4. The van der Waals surface area contributed by atoms with Crippen LogP contribution in [0.3, 0.4) is 0 Å². The number of hydrogen-bond donors (Lipinski definition) is 0. The van der Waals surface area contributed by atoms with Gasteiger partial charge in [-0.2, -0.15) is 12.1 Å². The van der Waals surface area contributed by atoms with Crippen molar-refractivity contribution in [1.82, 2.24) is 9.55 Å². The normalized spacial score (nSPS) is 14.8. The van der Waals surface area contributed by atoms with Gasteiger partial charge in [0.2, 0.25) is 0 Å². The Bertz CT molecular complexity index is 3960. The van der Waals surface area contributed by atoms with Crippen molar-refractivity contribution < 1.29 is 41.5 Å². The number of ether oxygens (including phenoxy) is 2. The van der Waals surface area contributed by atoms with E-state index in [0.29, 0.717) is 39.3 Å². The Morgan fingerprint density at radius 1 is 0.609 bits per heavy atom. The largest absolute Gasteiger partial charge is 0.509 e. The van der Waals surface area contributed by atoms with Crippen molar-refractivity contribution >= 4 is 44.6 Å². The van der Waals surface area contributed by atoms with Crippen molar-refractivity contribution in [3.63, 3.8) is 0 Å². The third-order valence-electron chi connectivity index (χ3n) is 12.2. The molecule has 2 aromatic heterocycles. The molecule has 342 valence electrons. The summed E-state index contributed by atoms with van der Waals surface area (Å²) in [6, 6.07) is 54.1. The van der Waals surface area contributed by atoms with Gasteiger partial charge in [-0.05, 0) is 88.4 Å². The van der Waals surface area contributed by atoms with Crippen LogP contribution in [-0.2, 0) is 33.8 Å². The molecule has 4 aliphatic heterocycles. The molecule has 6 heterocycles. The molecule has 0 amide bonds. The van der Waals surface area contributed by atoms with Crippen molar-refractivity contribution in [2.24, 2.45) is 11.8 Å². The Kier molecular flexibility index (Phi) is 9.44. The second kappa shape index (κ2) is 18.3. The van der Waals surface area contributed by atoms with Gasteiger partial charge in [0.15, 0.2) is 0 Å². The molecule has 7 heteroatoms. The van der Waals surface area contributed by atoms with Crippen LogP contribution >= 0.6 is 0 Å². The minimum absolute atomic E-state index is 0. The van der Waals surface area contributed by atoms with Gasteiger partial charge in [-0.1, -0.05) is 149 Å². The van der Waals surface area contributed by atoms with Crippen molar-refractivity contribution in [1.29, 1.82) is 0 Å². The molecule has 12 bridgehead atoms. The van der Waals surface area contributed by atoms with Crippen LogP contribution in [0.1, 0.15) is 49.8 Å². The maximum Gasteiger partial charge on any atom is 0.135 e. The quantitative estimate of drug-likeness (QED) is 0.161. The van der Waals surface area contributed by atoms with E-state index in [1.807, 2.05) is 130 Å². The molecule has 0 aliphatic carbocycles. The second-order valence-corrected chi connectivity index (χ2v) is 17.6. The SMILES string of the molecule is [2H]c1c([2H])c([2H])c2c(c1[2H])c1ccc3[c-]c1n2-c1cc(C([2H])([2H])C(C)C)c(cn1)-c1cccc(c1)Oc1ccc(cc1)-c1cccc(-c2ccccc2)c1N1[CH-]N(c2[c-]c(c(C([2H])([2H])C(C)C)cc2)O3)c2ccccc21.[Pt]. The number of anilines is 4. The maximum atomic E-state index is 9.57. The van der Waals surface area contributed by atoms with Gasteiger partial charge in [0, 0.05) is 83.5 Å². The van der Waals surface area contributed by atoms with Crippen molar-refractivity contribution in [2.75, 3.05) is 9.80 Å². The molecule has 0 radical (unpaired) electrons. The van der Waals surface area contributed by atoms with Gasteiger partial charge in [0.1, 0.15) is 17.3 Å². The molecule has 6 nitrogen and oxygen atoms in total. The zero-order chi connectivity index (χ0) is 52.9. The fraction of sp³-hybridized carbons (Fsp3) is 0.129. The zero-order valence-electron chi connectivity index (χ0n) is 46.2. The van der Waals surface area contributed by atoms with E-state index in [9.17, 15) is 8.22 Å². The van der Waals surface area contributed by atoms with Crippen molar-refractivity contribution in [3.8, 4) is 62.2 Å². The van der Waals surface area contributed by atoms with Crippen molar-refractivity contribution in [3.05, 3.63) is 212 Å². The summed E-state index contributed by atoms with van der Waals surface area (Å²) < 4.78 is 89.0. The molecule has 0 atom stereocenters. The van der Waals surface area contributed by atoms with E-state index in [-0.39, 0.29) is 72.5 Å². The molecule has 0 unspecified atom stereocenters. The predicted molar refractivity (Wildman–Crippen MR) is 278 cm³/mol. The molecule has 10 aromatic rings. The van der Waals surface area contributed by atoms with E-state index in [4.69, 9.17) is 17.2 Å². The molecule has 0 saturated carbocycles. The topological polar surface area (TPSA) is 42.8 Å². The first-order valence-corrected chi connectivity index (χ1v) is 22.8. The monoisotopic (exact) mass is 1080 g/mol. The molecule has 0 N–H and O–H groups in total. The van der Waals surface area contributed by atoms with Gasteiger partial charge >= 0.3 is 0 Å². The molecule has 0 fully saturated rings. The van der Waals surface area contributed by atoms with Crippen LogP contribution in [0.15, 0.2) is 182 Å². The minimum Gasteiger partial charge on any atom is -0.509 e. The maximum absolute atomic E-state index is 9.57. The summed E-state index contributed by atoms with van der Waals surface area (Å²) in [6.07, 6.45) is -2.22. The van der Waals surface area contributed by atoms with E-state index in [0.717, 1.165) is 39.3 Å². The number of benzene rings is 8. The molecule has 4 aliphatic rings. The summed E-state index contributed by atoms with van der Waals surface area (Å²) in [5.74, 6) is 0.585. The first-order valence-electron chi connectivity index (χ1n) is 26.8. The number of pyridine rings is 1. The molecule has 8 aromatic carbocycles. The summed E-state index contributed by atoms with van der Waals surface area (Å²) in [5.41, 5.74) is 9.31. The molecular weight excluding hydrogens is 1030 g/mol.